The van der Waals surface area contributed by atoms with Crippen LogP contribution in [0.4, 0.5) is 5.82 Å². The molecular weight excluding hydrogens is 550 g/mol. The number of aliphatic hydroxyl groups is 2. The van der Waals surface area contributed by atoms with E-state index in [0.717, 1.165) is 19.3 Å². The molecule has 2 aromatic rings. The number of aliphatic hydroxyl groups excluding tert-OH is 2. The van der Waals surface area contributed by atoms with Gasteiger partial charge in [-0.2, -0.15) is 18.4 Å². The van der Waals surface area contributed by atoms with Gasteiger partial charge >= 0.3 is 0 Å². The number of Topliss-reactive ketones (excluding diaryl/α,β-unsaturated/α-hetero) is 1. The Kier molecular flexibility index (Phi) is 6.33. The van der Waals surface area contributed by atoms with Gasteiger partial charge in [0, 0.05) is 12.0 Å². The summed E-state index contributed by atoms with van der Waals surface area (Å²) in [7, 11) is -4.44. The molecule has 4 bridgehead atoms. The lowest BCUT2D eigenvalue weighted by atomic mass is 9.43. The minimum Gasteiger partial charge on any atom is -0.388 e. The van der Waals surface area contributed by atoms with Crippen LogP contribution in [-0.2, 0) is 19.6 Å². The van der Waals surface area contributed by atoms with Crippen LogP contribution in [0.15, 0.2) is 6.33 Å². The van der Waals surface area contributed by atoms with E-state index in [9.17, 15) is 23.4 Å². The van der Waals surface area contributed by atoms with Crippen LogP contribution >= 0.6 is 11.6 Å². The van der Waals surface area contributed by atoms with Crippen LogP contribution in [0.1, 0.15) is 71.4 Å². The maximum absolute atomic E-state index is 11.9. The van der Waals surface area contributed by atoms with Crippen LogP contribution in [0.2, 0.25) is 5.28 Å². The Morgan fingerprint density at radius 3 is 2.49 bits per heavy atom. The van der Waals surface area contributed by atoms with Crippen molar-refractivity contribution in [3.8, 4) is 0 Å². The van der Waals surface area contributed by atoms with Crippen molar-refractivity contribution >= 4 is 44.5 Å². The molecule has 0 radical (unpaired) electrons. The lowest BCUT2D eigenvalue weighted by Crippen LogP contribution is -2.61. The third-order valence-corrected chi connectivity index (χ3v) is 9.92. The minimum absolute atomic E-state index is 0.00861. The van der Waals surface area contributed by atoms with E-state index in [0.29, 0.717) is 22.9 Å². The fourth-order valence-corrected chi connectivity index (χ4v) is 9.49. The quantitative estimate of drug-likeness (QED) is 0.265. The van der Waals surface area contributed by atoms with Crippen molar-refractivity contribution in [3.63, 3.8) is 0 Å². The number of nitrogens with one attached hydrogen (secondary N) is 1. The largest absolute Gasteiger partial charge is 0.388 e. The summed E-state index contributed by atoms with van der Waals surface area (Å²) in [6.45, 7) is 4.78. The number of halogens is 1. The second-order valence-corrected chi connectivity index (χ2v) is 14.8. The number of fused-ring (bicyclic) bond motifs is 1. The Hall–Kier alpha value is -1.90. The minimum atomic E-state index is -4.44. The van der Waals surface area contributed by atoms with Crippen molar-refractivity contribution in [2.24, 2.45) is 16.7 Å². The van der Waals surface area contributed by atoms with Crippen molar-refractivity contribution in [1.82, 2.24) is 19.5 Å². The number of hydrogen-bond acceptors (Lipinski definition) is 10. The van der Waals surface area contributed by atoms with Gasteiger partial charge in [-0.05, 0) is 73.3 Å². The molecule has 1 saturated heterocycles. The summed E-state index contributed by atoms with van der Waals surface area (Å²) >= 11 is 6.37. The molecule has 1 aliphatic heterocycles. The Labute approximate surface area is 231 Å². The van der Waals surface area contributed by atoms with Gasteiger partial charge in [0.25, 0.3) is 10.1 Å². The number of anilines is 1. The fraction of sp³-hybridized carbons (Fsp3) is 0.760. The highest BCUT2D eigenvalue weighted by atomic mass is 35.5. The highest BCUT2D eigenvalue weighted by Crippen LogP contribution is 2.67. The molecule has 14 heteroatoms. The van der Waals surface area contributed by atoms with E-state index >= 15 is 0 Å². The van der Waals surface area contributed by atoms with Gasteiger partial charge in [0.1, 0.15) is 23.7 Å². The van der Waals surface area contributed by atoms with Gasteiger partial charge in [0.2, 0.25) is 5.28 Å². The number of aromatic nitrogens is 4. The Bertz CT molecular complexity index is 1420. The van der Waals surface area contributed by atoms with Crippen LogP contribution in [0.3, 0.4) is 0 Å². The van der Waals surface area contributed by atoms with Gasteiger partial charge in [-0.1, -0.05) is 13.8 Å². The summed E-state index contributed by atoms with van der Waals surface area (Å²) in [5.41, 5.74) is 1.26. The number of ether oxygens (including phenoxy) is 1. The number of carbonyl (C=O) groups is 1. The van der Waals surface area contributed by atoms with E-state index in [1.54, 1.807) is 0 Å². The number of imidazole rings is 1. The molecule has 0 spiro atoms. The predicted molar refractivity (Wildman–Crippen MR) is 141 cm³/mol. The van der Waals surface area contributed by atoms with Gasteiger partial charge in [0.15, 0.2) is 23.2 Å². The molecule has 3 heterocycles. The molecule has 3 unspecified atom stereocenters. The number of ketones is 1. The third kappa shape index (κ3) is 5.06. The van der Waals surface area contributed by atoms with Crippen molar-refractivity contribution in [1.29, 1.82) is 0 Å². The van der Waals surface area contributed by atoms with Gasteiger partial charge in [-0.25, -0.2) is 4.98 Å². The molecule has 4 saturated carbocycles. The smallest absolute Gasteiger partial charge is 0.272 e. The van der Waals surface area contributed by atoms with E-state index in [4.69, 9.17) is 20.9 Å². The first-order chi connectivity index (χ1) is 18.2. The molecule has 39 heavy (non-hydrogen) atoms. The molecule has 214 valence electrons. The predicted octanol–water partition coefficient (Wildman–Crippen LogP) is 2.50. The fourth-order valence-electron chi connectivity index (χ4n) is 8.78. The summed E-state index contributed by atoms with van der Waals surface area (Å²) in [4.78, 5) is 25.3. The van der Waals surface area contributed by atoms with E-state index in [2.05, 4.69) is 34.1 Å². The molecule has 7 rings (SSSR count). The number of nitrogens with zero attached hydrogens (tertiary/aromatic N) is 4. The Morgan fingerprint density at radius 2 is 1.85 bits per heavy atom. The summed E-state index contributed by atoms with van der Waals surface area (Å²) in [5.74, 6) is -0.543. The SMILES string of the molecule is C[C@]12CC3CC(Nc4nc(Cl)nc5c4ncn5[C@@H]4O[C@H](CCC(=O)CS(=O)(=O)O)C(O)[C@@H]4O)(C1)C[C@@](C)(C3)C2. The topological polar surface area (TPSA) is 177 Å². The normalized spacial score (nSPS) is 39.5. The first kappa shape index (κ1) is 27.3. The van der Waals surface area contributed by atoms with E-state index < -0.39 is 46.2 Å². The highest BCUT2D eigenvalue weighted by Gasteiger charge is 2.60. The highest BCUT2D eigenvalue weighted by molar-refractivity contribution is 7.86. The van der Waals surface area contributed by atoms with Gasteiger partial charge < -0.3 is 20.3 Å². The second-order valence-electron chi connectivity index (χ2n) is 13.1. The molecule has 0 aromatic carbocycles. The van der Waals surface area contributed by atoms with Gasteiger partial charge in [0.05, 0.1) is 12.4 Å². The average molecular weight is 584 g/mol. The average Bonchev–Trinajstić information content (AvgIpc) is 3.29. The number of carbonyl (C=O) groups excluding carboxylic acids is 1. The Morgan fingerprint density at radius 1 is 1.15 bits per heavy atom. The number of rotatable bonds is 8. The summed E-state index contributed by atoms with van der Waals surface area (Å²) in [6.07, 6.45) is 3.34. The lowest BCUT2D eigenvalue weighted by molar-refractivity contribution is -0.118. The molecule has 8 atom stereocenters. The Balaban J connectivity index is 1.25. The third-order valence-electron chi connectivity index (χ3n) is 9.07. The van der Waals surface area contributed by atoms with E-state index in [1.165, 1.54) is 30.2 Å². The van der Waals surface area contributed by atoms with E-state index in [-0.39, 0.29) is 34.5 Å². The first-order valence-electron chi connectivity index (χ1n) is 13.3. The van der Waals surface area contributed by atoms with Gasteiger partial charge in [-0.3, -0.25) is 13.9 Å². The second kappa shape index (κ2) is 9.05. The molecule has 5 aliphatic rings. The molecule has 5 fully saturated rings. The van der Waals surface area contributed by atoms with Crippen LogP contribution in [0.5, 0.6) is 0 Å². The summed E-state index contributed by atoms with van der Waals surface area (Å²) < 4.78 is 38.2. The summed E-state index contributed by atoms with van der Waals surface area (Å²) in [5, 5.41) is 25.1. The zero-order valence-corrected chi connectivity index (χ0v) is 23.5. The lowest BCUT2D eigenvalue weighted by Gasteiger charge is -2.65. The first-order valence-corrected chi connectivity index (χ1v) is 15.3. The monoisotopic (exact) mass is 583 g/mol. The molecule has 12 nitrogen and oxygen atoms in total. The molecule has 4 aliphatic carbocycles. The van der Waals surface area contributed by atoms with Gasteiger partial charge in [-0.15, -0.1) is 0 Å². The molecular formula is C25H34ClN5O7S. The van der Waals surface area contributed by atoms with Crippen LogP contribution in [-0.4, -0.2) is 78.1 Å². The van der Waals surface area contributed by atoms with Crippen LogP contribution in [0.25, 0.3) is 11.2 Å². The molecule has 0 amide bonds. The van der Waals surface area contributed by atoms with Crippen LogP contribution < -0.4 is 5.32 Å². The summed E-state index contributed by atoms with van der Waals surface area (Å²) in [6, 6.07) is 0. The van der Waals surface area contributed by atoms with Crippen molar-refractivity contribution in [2.45, 2.75) is 95.3 Å². The maximum atomic E-state index is 11.9. The zero-order chi connectivity index (χ0) is 28.0. The van der Waals surface area contributed by atoms with Crippen molar-refractivity contribution < 1.29 is 32.7 Å². The molecule has 2 aromatic heterocycles. The zero-order valence-electron chi connectivity index (χ0n) is 21.9. The van der Waals surface area contributed by atoms with Crippen molar-refractivity contribution in [3.05, 3.63) is 11.6 Å². The van der Waals surface area contributed by atoms with E-state index in [1.807, 2.05) is 0 Å². The number of hydrogen-bond donors (Lipinski definition) is 4. The van der Waals surface area contributed by atoms with Crippen LogP contribution in [0, 0.1) is 16.7 Å². The standard InChI is InChI=1S/C25H34ClN5O7S/c1-23-5-13-6-24(2,9-23)11-25(7-13,10-23)30-19-16-20(29-22(26)28-19)31(12-27-16)21-18(34)17(33)15(38-21)4-3-14(32)8-39(35,36)37/h12-13,15,17-18,21,33-34H,3-11H2,1-2H3,(H,28,29,30)(H,35,36,37)/t13?,15-,17?,18+,21-,23-,24+,25?/m1/s1. The van der Waals surface area contributed by atoms with Crippen molar-refractivity contribution in [2.75, 3.05) is 11.1 Å². The molecule has 4 N–H and O–H groups in total. The maximum Gasteiger partial charge on any atom is 0.272 e.